The number of halogens is 2. The number of hydrogen-bond acceptors (Lipinski definition) is 2. The SMILES string of the molecule is CCCc1c(CNC)oc2c(Br)ccc(F)c12. The molecule has 1 heterocycles. The fourth-order valence-corrected chi connectivity index (χ4v) is 2.47. The maximum absolute atomic E-state index is 13.9. The number of aryl methyl sites for hydroxylation is 1. The molecule has 0 aliphatic rings. The van der Waals surface area contributed by atoms with E-state index in [4.69, 9.17) is 4.42 Å². The van der Waals surface area contributed by atoms with E-state index in [0.29, 0.717) is 17.5 Å². The summed E-state index contributed by atoms with van der Waals surface area (Å²) in [5.74, 6) is 0.618. The lowest BCUT2D eigenvalue weighted by atomic mass is 10.1. The molecule has 4 heteroatoms. The second-order valence-electron chi connectivity index (χ2n) is 4.02. The largest absolute Gasteiger partial charge is 0.458 e. The van der Waals surface area contributed by atoms with Gasteiger partial charge < -0.3 is 9.73 Å². The first-order chi connectivity index (χ1) is 8.19. The van der Waals surface area contributed by atoms with Gasteiger partial charge in [0.15, 0.2) is 5.58 Å². The molecule has 0 saturated carbocycles. The molecule has 0 atom stereocenters. The molecular formula is C13H15BrFNO. The van der Waals surface area contributed by atoms with Crippen molar-refractivity contribution >= 4 is 26.9 Å². The lowest BCUT2D eigenvalue weighted by molar-refractivity contribution is 0.522. The Morgan fingerprint density at radius 2 is 2.18 bits per heavy atom. The quantitative estimate of drug-likeness (QED) is 0.923. The lowest BCUT2D eigenvalue weighted by Gasteiger charge is -2.00. The van der Waals surface area contributed by atoms with Crippen LogP contribution < -0.4 is 5.32 Å². The summed E-state index contributed by atoms with van der Waals surface area (Å²) in [4.78, 5) is 0. The Labute approximate surface area is 108 Å². The molecule has 0 aliphatic heterocycles. The first kappa shape index (κ1) is 12.6. The molecule has 0 fully saturated rings. The molecule has 1 aromatic carbocycles. The Morgan fingerprint density at radius 3 is 2.82 bits per heavy atom. The Hall–Kier alpha value is -0.870. The van der Waals surface area contributed by atoms with E-state index in [1.54, 1.807) is 6.07 Å². The minimum atomic E-state index is -0.210. The minimum absolute atomic E-state index is 0.210. The van der Waals surface area contributed by atoms with Crippen molar-refractivity contribution in [1.29, 1.82) is 0 Å². The zero-order valence-corrected chi connectivity index (χ0v) is 11.5. The zero-order chi connectivity index (χ0) is 12.4. The van der Waals surface area contributed by atoms with Crippen molar-refractivity contribution in [3.63, 3.8) is 0 Å². The fraction of sp³-hybridized carbons (Fsp3) is 0.385. The van der Waals surface area contributed by atoms with Crippen LogP contribution >= 0.6 is 15.9 Å². The number of nitrogens with one attached hydrogen (secondary N) is 1. The monoisotopic (exact) mass is 299 g/mol. The van der Waals surface area contributed by atoms with Crippen molar-refractivity contribution in [3.05, 3.63) is 33.7 Å². The summed E-state index contributed by atoms with van der Waals surface area (Å²) in [6, 6.07) is 3.16. The van der Waals surface area contributed by atoms with E-state index in [2.05, 4.69) is 28.2 Å². The van der Waals surface area contributed by atoms with Crippen LogP contribution in [0.1, 0.15) is 24.7 Å². The third-order valence-electron chi connectivity index (χ3n) is 2.76. The van der Waals surface area contributed by atoms with Gasteiger partial charge >= 0.3 is 0 Å². The van der Waals surface area contributed by atoms with Crippen LogP contribution in [0.3, 0.4) is 0 Å². The summed E-state index contributed by atoms with van der Waals surface area (Å²) < 4.78 is 20.5. The highest BCUT2D eigenvalue weighted by molar-refractivity contribution is 9.10. The average molecular weight is 300 g/mol. The van der Waals surface area contributed by atoms with Crippen LogP contribution in [-0.4, -0.2) is 7.05 Å². The lowest BCUT2D eigenvalue weighted by Crippen LogP contribution is -2.06. The van der Waals surface area contributed by atoms with E-state index in [-0.39, 0.29) is 5.82 Å². The second kappa shape index (κ2) is 5.19. The van der Waals surface area contributed by atoms with Crippen LogP contribution in [0.5, 0.6) is 0 Å². The summed E-state index contributed by atoms with van der Waals surface area (Å²) >= 11 is 3.40. The Balaban J connectivity index is 2.70. The molecule has 0 unspecified atom stereocenters. The maximum atomic E-state index is 13.9. The molecule has 0 aliphatic carbocycles. The van der Waals surface area contributed by atoms with E-state index >= 15 is 0 Å². The predicted molar refractivity (Wildman–Crippen MR) is 70.6 cm³/mol. The van der Waals surface area contributed by atoms with Crippen molar-refractivity contribution in [2.45, 2.75) is 26.3 Å². The summed E-state index contributed by atoms with van der Waals surface area (Å²) in [5, 5.41) is 3.67. The molecule has 1 N–H and O–H groups in total. The van der Waals surface area contributed by atoms with Gasteiger partial charge in [0.1, 0.15) is 11.6 Å². The van der Waals surface area contributed by atoms with Crippen LogP contribution in [0.4, 0.5) is 4.39 Å². The van der Waals surface area contributed by atoms with Gasteiger partial charge in [-0.15, -0.1) is 0 Å². The van der Waals surface area contributed by atoms with Gasteiger partial charge in [0.05, 0.1) is 16.4 Å². The van der Waals surface area contributed by atoms with E-state index in [0.717, 1.165) is 28.6 Å². The smallest absolute Gasteiger partial charge is 0.151 e. The van der Waals surface area contributed by atoms with Gasteiger partial charge in [-0.25, -0.2) is 4.39 Å². The summed E-state index contributed by atoms with van der Waals surface area (Å²) in [7, 11) is 1.86. The maximum Gasteiger partial charge on any atom is 0.151 e. The first-order valence-corrected chi connectivity index (χ1v) is 6.51. The molecule has 0 bridgehead atoms. The van der Waals surface area contributed by atoms with Crippen molar-refractivity contribution in [3.8, 4) is 0 Å². The summed E-state index contributed by atoms with van der Waals surface area (Å²) in [6.07, 6.45) is 1.80. The van der Waals surface area contributed by atoms with Gasteiger partial charge in [0.25, 0.3) is 0 Å². The number of furan rings is 1. The van der Waals surface area contributed by atoms with Crippen LogP contribution in [0.15, 0.2) is 21.0 Å². The third-order valence-corrected chi connectivity index (χ3v) is 3.38. The topological polar surface area (TPSA) is 25.2 Å². The Bertz CT molecular complexity index is 536. The highest BCUT2D eigenvalue weighted by atomic mass is 79.9. The molecule has 2 rings (SSSR count). The van der Waals surface area contributed by atoms with Crippen LogP contribution in [0.25, 0.3) is 11.0 Å². The Kier molecular flexibility index (Phi) is 3.84. The minimum Gasteiger partial charge on any atom is -0.458 e. The first-order valence-electron chi connectivity index (χ1n) is 5.71. The number of hydrogen-bond donors (Lipinski definition) is 1. The standard InChI is InChI=1S/C13H15BrFNO/c1-3-4-8-11(7-16-2)17-13-9(14)5-6-10(15)12(8)13/h5-6,16H,3-4,7H2,1-2H3. The van der Waals surface area contributed by atoms with Gasteiger partial charge in [-0.1, -0.05) is 13.3 Å². The number of rotatable bonds is 4. The number of benzene rings is 1. The Morgan fingerprint density at radius 1 is 1.41 bits per heavy atom. The van der Waals surface area contributed by atoms with Crippen LogP contribution in [-0.2, 0) is 13.0 Å². The van der Waals surface area contributed by atoms with Crippen LogP contribution in [0, 0.1) is 5.82 Å². The van der Waals surface area contributed by atoms with E-state index in [1.165, 1.54) is 6.07 Å². The predicted octanol–water partition coefficient (Wildman–Crippen LogP) is 4.01. The van der Waals surface area contributed by atoms with Gasteiger partial charge in [-0.2, -0.15) is 0 Å². The molecule has 0 saturated heterocycles. The normalized spacial score (nSPS) is 11.3. The zero-order valence-electron chi connectivity index (χ0n) is 9.94. The van der Waals surface area contributed by atoms with Gasteiger partial charge in [-0.3, -0.25) is 0 Å². The van der Waals surface area contributed by atoms with Gasteiger partial charge in [0.2, 0.25) is 0 Å². The molecular weight excluding hydrogens is 285 g/mol. The number of fused-ring (bicyclic) bond motifs is 1. The van der Waals surface area contributed by atoms with Crippen molar-refractivity contribution in [2.75, 3.05) is 7.05 Å². The third kappa shape index (κ3) is 2.24. The van der Waals surface area contributed by atoms with Crippen molar-refractivity contribution in [1.82, 2.24) is 5.32 Å². The fourth-order valence-electron chi connectivity index (χ4n) is 2.06. The molecule has 0 amide bonds. The van der Waals surface area contributed by atoms with Crippen molar-refractivity contribution < 1.29 is 8.81 Å². The summed E-state index contributed by atoms with van der Waals surface area (Å²) in [6.45, 7) is 2.70. The van der Waals surface area contributed by atoms with Gasteiger partial charge in [0, 0.05) is 5.56 Å². The highest BCUT2D eigenvalue weighted by Crippen LogP contribution is 2.34. The van der Waals surface area contributed by atoms with E-state index in [9.17, 15) is 4.39 Å². The molecule has 1 aromatic heterocycles. The molecule has 17 heavy (non-hydrogen) atoms. The molecule has 2 nitrogen and oxygen atoms in total. The molecule has 0 spiro atoms. The van der Waals surface area contributed by atoms with Crippen molar-refractivity contribution in [2.24, 2.45) is 0 Å². The average Bonchev–Trinajstić information content (AvgIpc) is 2.66. The van der Waals surface area contributed by atoms with Crippen LogP contribution in [0.2, 0.25) is 0 Å². The summed E-state index contributed by atoms with van der Waals surface area (Å²) in [5.41, 5.74) is 1.59. The molecule has 92 valence electrons. The second-order valence-corrected chi connectivity index (χ2v) is 4.87. The van der Waals surface area contributed by atoms with E-state index in [1.807, 2.05) is 7.05 Å². The van der Waals surface area contributed by atoms with E-state index < -0.39 is 0 Å². The molecule has 0 radical (unpaired) electrons. The highest BCUT2D eigenvalue weighted by Gasteiger charge is 2.18. The van der Waals surface area contributed by atoms with Gasteiger partial charge in [-0.05, 0) is 41.5 Å². The molecule has 2 aromatic rings.